The molecule has 6 heteroatoms. The van der Waals surface area contributed by atoms with E-state index >= 15 is 0 Å². The molecule has 0 aliphatic carbocycles. The number of aromatic nitrogens is 1. The van der Waals surface area contributed by atoms with Gasteiger partial charge in [-0.2, -0.15) is 0 Å². The Morgan fingerprint density at radius 1 is 0.926 bits per heavy atom. The number of halogens is 1. The zero-order valence-corrected chi connectivity index (χ0v) is 15.1. The Labute approximate surface area is 156 Å². The van der Waals surface area contributed by atoms with Crippen LogP contribution in [0, 0.1) is 5.82 Å². The van der Waals surface area contributed by atoms with Gasteiger partial charge in [0, 0.05) is 50.2 Å². The van der Waals surface area contributed by atoms with Crippen LogP contribution in [0.15, 0.2) is 59.5 Å². The van der Waals surface area contributed by atoms with Gasteiger partial charge < -0.3 is 14.4 Å². The molecule has 27 heavy (non-hydrogen) atoms. The minimum atomic E-state index is -0.249. The summed E-state index contributed by atoms with van der Waals surface area (Å²) in [5, 5.41) is 1.21. The van der Waals surface area contributed by atoms with Crippen molar-refractivity contribution < 1.29 is 9.18 Å². The van der Waals surface area contributed by atoms with Gasteiger partial charge >= 0.3 is 0 Å². The maximum atomic E-state index is 14.0. The second kappa shape index (κ2) is 6.87. The molecule has 4 rings (SSSR count). The van der Waals surface area contributed by atoms with Crippen LogP contribution in [0.2, 0.25) is 0 Å². The molecule has 0 spiro atoms. The number of benzene rings is 2. The van der Waals surface area contributed by atoms with Crippen molar-refractivity contribution in [3.63, 3.8) is 0 Å². The molecule has 0 saturated carbocycles. The smallest absolute Gasteiger partial charge is 0.258 e. The summed E-state index contributed by atoms with van der Waals surface area (Å²) in [5.74, 6) is -0.351. The van der Waals surface area contributed by atoms with Crippen LogP contribution in [0.3, 0.4) is 0 Å². The number of carbonyl (C=O) groups excluding carboxylic acids is 1. The molecule has 1 fully saturated rings. The molecule has 2 heterocycles. The molecule has 1 amide bonds. The SMILES string of the molecule is Cn1cc(C(=O)N2CCN(c3ccccc3F)CC2)c2ccccc2c1=O. The quantitative estimate of drug-likeness (QED) is 0.701. The van der Waals surface area contributed by atoms with E-state index in [0.717, 1.165) is 0 Å². The van der Waals surface area contributed by atoms with Gasteiger partial charge in [0.25, 0.3) is 11.5 Å². The van der Waals surface area contributed by atoms with E-state index < -0.39 is 0 Å². The number of para-hydroxylation sites is 1. The van der Waals surface area contributed by atoms with Gasteiger partial charge in [-0.3, -0.25) is 9.59 Å². The van der Waals surface area contributed by atoms with E-state index in [1.165, 1.54) is 10.6 Å². The summed E-state index contributed by atoms with van der Waals surface area (Å²) >= 11 is 0. The Bertz CT molecular complexity index is 1070. The number of rotatable bonds is 2. The van der Waals surface area contributed by atoms with Gasteiger partial charge in [-0.1, -0.05) is 30.3 Å². The van der Waals surface area contributed by atoms with E-state index in [9.17, 15) is 14.0 Å². The molecule has 0 bridgehead atoms. The molecule has 1 aliphatic rings. The molecular formula is C21H20FN3O2. The molecule has 1 aliphatic heterocycles. The zero-order chi connectivity index (χ0) is 19.0. The van der Waals surface area contributed by atoms with Gasteiger partial charge in [0.05, 0.1) is 11.3 Å². The highest BCUT2D eigenvalue weighted by Crippen LogP contribution is 2.22. The second-order valence-corrected chi connectivity index (χ2v) is 6.74. The van der Waals surface area contributed by atoms with E-state index in [1.54, 1.807) is 48.5 Å². The van der Waals surface area contributed by atoms with Crippen molar-refractivity contribution in [2.75, 3.05) is 31.1 Å². The molecule has 0 unspecified atom stereocenters. The first-order valence-corrected chi connectivity index (χ1v) is 8.93. The standard InChI is InChI=1S/C21H20FN3O2/c1-23-14-17(15-6-2-3-7-16(15)20(23)26)21(27)25-12-10-24(11-13-25)19-9-5-4-8-18(19)22/h2-9,14H,10-13H2,1H3. The molecule has 138 valence electrons. The third kappa shape index (κ3) is 3.07. The first kappa shape index (κ1) is 17.3. The van der Waals surface area contributed by atoms with Crippen molar-refractivity contribution in [1.82, 2.24) is 9.47 Å². The first-order valence-electron chi connectivity index (χ1n) is 8.93. The number of hydrogen-bond donors (Lipinski definition) is 0. The fourth-order valence-corrected chi connectivity index (χ4v) is 3.62. The molecule has 0 radical (unpaired) electrons. The number of amides is 1. The normalized spacial score (nSPS) is 14.6. The first-order chi connectivity index (χ1) is 13.1. The second-order valence-electron chi connectivity index (χ2n) is 6.74. The summed E-state index contributed by atoms with van der Waals surface area (Å²) < 4.78 is 15.4. The number of pyridine rings is 1. The minimum Gasteiger partial charge on any atom is -0.366 e. The lowest BCUT2D eigenvalue weighted by atomic mass is 10.1. The van der Waals surface area contributed by atoms with Crippen LogP contribution in [0.5, 0.6) is 0 Å². The van der Waals surface area contributed by atoms with Crippen molar-refractivity contribution in [2.24, 2.45) is 7.05 Å². The van der Waals surface area contributed by atoms with Gasteiger partial charge in [0.2, 0.25) is 0 Å². The van der Waals surface area contributed by atoms with Gasteiger partial charge in [0.1, 0.15) is 5.82 Å². The Morgan fingerprint density at radius 2 is 1.56 bits per heavy atom. The lowest BCUT2D eigenvalue weighted by molar-refractivity contribution is 0.0748. The lowest BCUT2D eigenvalue weighted by Crippen LogP contribution is -2.49. The number of nitrogens with zero attached hydrogens (tertiary/aromatic N) is 3. The highest BCUT2D eigenvalue weighted by atomic mass is 19.1. The zero-order valence-electron chi connectivity index (χ0n) is 15.1. The van der Waals surface area contributed by atoms with Crippen LogP contribution >= 0.6 is 0 Å². The van der Waals surface area contributed by atoms with E-state index in [4.69, 9.17) is 0 Å². The van der Waals surface area contributed by atoms with Gasteiger partial charge in [0.15, 0.2) is 0 Å². The van der Waals surface area contributed by atoms with Crippen LogP contribution < -0.4 is 10.5 Å². The van der Waals surface area contributed by atoms with Crippen LogP contribution in [-0.4, -0.2) is 41.6 Å². The third-order valence-corrected chi connectivity index (χ3v) is 5.08. The monoisotopic (exact) mass is 365 g/mol. The average molecular weight is 365 g/mol. The Balaban J connectivity index is 1.59. The van der Waals surface area contributed by atoms with Crippen molar-refractivity contribution >= 4 is 22.4 Å². The van der Waals surface area contributed by atoms with Gasteiger partial charge in [-0.15, -0.1) is 0 Å². The summed E-state index contributed by atoms with van der Waals surface area (Å²) in [6.45, 7) is 2.14. The fraction of sp³-hybridized carbons (Fsp3) is 0.238. The number of aryl methyl sites for hydroxylation is 1. The number of piperazine rings is 1. The lowest BCUT2D eigenvalue weighted by Gasteiger charge is -2.36. The summed E-state index contributed by atoms with van der Waals surface area (Å²) in [6.07, 6.45) is 1.61. The number of fused-ring (bicyclic) bond motifs is 1. The minimum absolute atomic E-state index is 0.102. The fourth-order valence-electron chi connectivity index (χ4n) is 3.62. The molecule has 1 aromatic heterocycles. The molecule has 2 aromatic carbocycles. The van der Waals surface area contributed by atoms with Crippen LogP contribution in [-0.2, 0) is 7.05 Å². The summed E-state index contributed by atoms with van der Waals surface area (Å²) in [5.41, 5.74) is 0.968. The average Bonchev–Trinajstić information content (AvgIpc) is 2.71. The van der Waals surface area contributed by atoms with Crippen LogP contribution in [0.25, 0.3) is 10.8 Å². The Kier molecular flexibility index (Phi) is 4.39. The molecule has 5 nitrogen and oxygen atoms in total. The van der Waals surface area contributed by atoms with Gasteiger partial charge in [-0.05, 0) is 18.2 Å². The molecule has 0 N–H and O–H groups in total. The summed E-state index contributed by atoms with van der Waals surface area (Å²) in [6, 6.07) is 13.9. The maximum Gasteiger partial charge on any atom is 0.258 e. The van der Waals surface area contributed by atoms with Crippen LogP contribution in [0.1, 0.15) is 10.4 Å². The van der Waals surface area contributed by atoms with E-state index in [1.807, 2.05) is 17.0 Å². The predicted molar refractivity (Wildman–Crippen MR) is 104 cm³/mol. The Hall–Kier alpha value is -3.15. The molecule has 1 saturated heterocycles. The van der Waals surface area contributed by atoms with Crippen molar-refractivity contribution in [2.45, 2.75) is 0 Å². The third-order valence-electron chi connectivity index (χ3n) is 5.08. The topological polar surface area (TPSA) is 45.6 Å². The van der Waals surface area contributed by atoms with Crippen LogP contribution in [0.4, 0.5) is 10.1 Å². The number of carbonyl (C=O) groups is 1. The van der Waals surface area contributed by atoms with E-state index in [0.29, 0.717) is 48.2 Å². The van der Waals surface area contributed by atoms with Crippen molar-refractivity contribution in [3.05, 3.63) is 76.5 Å². The highest BCUT2D eigenvalue weighted by Gasteiger charge is 2.25. The van der Waals surface area contributed by atoms with Gasteiger partial charge in [-0.25, -0.2) is 4.39 Å². The molecular weight excluding hydrogens is 345 g/mol. The number of anilines is 1. The summed E-state index contributed by atoms with van der Waals surface area (Å²) in [4.78, 5) is 29.1. The Morgan fingerprint density at radius 3 is 2.26 bits per heavy atom. The summed E-state index contributed by atoms with van der Waals surface area (Å²) in [7, 11) is 1.65. The van der Waals surface area contributed by atoms with Crippen molar-refractivity contribution in [1.29, 1.82) is 0 Å². The highest BCUT2D eigenvalue weighted by molar-refractivity contribution is 6.06. The largest absolute Gasteiger partial charge is 0.366 e. The number of hydrogen-bond acceptors (Lipinski definition) is 3. The molecule has 0 atom stereocenters. The molecule has 3 aromatic rings. The van der Waals surface area contributed by atoms with E-state index in [2.05, 4.69) is 0 Å². The predicted octanol–water partition coefficient (Wildman–Crippen LogP) is 2.64. The van der Waals surface area contributed by atoms with Crippen molar-refractivity contribution in [3.8, 4) is 0 Å². The van der Waals surface area contributed by atoms with E-state index in [-0.39, 0.29) is 17.3 Å². The maximum absolute atomic E-state index is 14.0.